The summed E-state index contributed by atoms with van der Waals surface area (Å²) < 4.78 is 0. The Morgan fingerprint density at radius 1 is 1.78 bits per heavy atom. The molecule has 0 fully saturated rings. The van der Waals surface area contributed by atoms with Gasteiger partial charge in [0.15, 0.2) is 0 Å². The molecule has 0 aromatic heterocycles. The molecule has 0 aliphatic rings. The molecule has 0 bridgehead atoms. The number of aliphatic carboxylic acids is 1. The van der Waals surface area contributed by atoms with Crippen molar-refractivity contribution >= 4 is 5.97 Å². The molecule has 0 saturated heterocycles. The van der Waals surface area contributed by atoms with Crippen molar-refractivity contribution in [3.05, 3.63) is 0 Å². The van der Waals surface area contributed by atoms with Crippen LogP contribution >= 0.6 is 0 Å². The van der Waals surface area contributed by atoms with Crippen molar-refractivity contribution in [2.75, 3.05) is 0 Å². The molecule has 0 saturated carbocycles. The van der Waals surface area contributed by atoms with Crippen LogP contribution in [0.1, 0.15) is 26.2 Å². The van der Waals surface area contributed by atoms with Gasteiger partial charge in [-0.05, 0) is 6.42 Å². The lowest BCUT2D eigenvalue weighted by Gasteiger charge is -2.04. The quantitative estimate of drug-likeness (QED) is 0.587. The largest absolute Gasteiger partial charge is 0.481 e. The number of carboxylic acid groups (broad SMARTS) is 1. The summed E-state index contributed by atoms with van der Waals surface area (Å²) in [7, 11) is 0. The van der Waals surface area contributed by atoms with Crippen LogP contribution in [0.5, 0.6) is 0 Å². The van der Waals surface area contributed by atoms with Gasteiger partial charge in [0.05, 0.1) is 6.42 Å². The standard InChI is InChI=1S/C6H13NO2/c1-2-3-5(7)4-6(8)9/h5H,2-4,7H2,1H3,(H,8,9)/t5-/m0/s1. The second-order valence-corrected chi connectivity index (χ2v) is 2.15. The zero-order valence-electron chi connectivity index (χ0n) is 5.63. The lowest BCUT2D eigenvalue weighted by molar-refractivity contribution is -0.137. The van der Waals surface area contributed by atoms with E-state index in [1.54, 1.807) is 0 Å². The molecule has 0 aliphatic heterocycles. The van der Waals surface area contributed by atoms with Gasteiger partial charge in [0.1, 0.15) is 0 Å². The Morgan fingerprint density at radius 3 is 2.67 bits per heavy atom. The predicted octanol–water partition coefficient (Wildman–Crippen LogP) is 0.589. The minimum absolute atomic E-state index is 0.0911. The Bertz CT molecular complexity index is 93.1. The zero-order chi connectivity index (χ0) is 7.28. The molecule has 3 nitrogen and oxygen atoms in total. The van der Waals surface area contributed by atoms with Gasteiger partial charge in [0, 0.05) is 6.04 Å². The highest BCUT2D eigenvalue weighted by atomic mass is 16.4. The zero-order valence-corrected chi connectivity index (χ0v) is 5.63. The van der Waals surface area contributed by atoms with Crippen LogP contribution in [0.4, 0.5) is 0 Å². The maximum absolute atomic E-state index is 10.0. The minimum Gasteiger partial charge on any atom is -0.481 e. The summed E-state index contributed by atoms with van der Waals surface area (Å²) in [5.41, 5.74) is 5.40. The smallest absolute Gasteiger partial charge is 0.304 e. The van der Waals surface area contributed by atoms with E-state index in [-0.39, 0.29) is 12.5 Å². The Balaban J connectivity index is 3.26. The van der Waals surface area contributed by atoms with E-state index in [2.05, 4.69) is 0 Å². The molecule has 0 heterocycles. The van der Waals surface area contributed by atoms with Crippen molar-refractivity contribution in [2.24, 2.45) is 5.73 Å². The van der Waals surface area contributed by atoms with E-state index in [4.69, 9.17) is 10.8 Å². The normalized spacial score (nSPS) is 13.1. The molecule has 3 N–H and O–H groups in total. The minimum atomic E-state index is -0.809. The Hall–Kier alpha value is -0.570. The third kappa shape index (κ3) is 5.30. The van der Waals surface area contributed by atoms with Crippen molar-refractivity contribution in [2.45, 2.75) is 32.2 Å². The molecule has 0 aliphatic carbocycles. The summed E-state index contributed by atoms with van der Waals surface area (Å²) >= 11 is 0. The van der Waals surface area contributed by atoms with Gasteiger partial charge >= 0.3 is 5.97 Å². The monoisotopic (exact) mass is 131 g/mol. The van der Waals surface area contributed by atoms with E-state index in [1.807, 2.05) is 6.92 Å². The lowest BCUT2D eigenvalue weighted by atomic mass is 10.1. The van der Waals surface area contributed by atoms with Crippen molar-refractivity contribution in [1.29, 1.82) is 0 Å². The number of carboxylic acids is 1. The van der Waals surface area contributed by atoms with Crippen LogP contribution in [0.3, 0.4) is 0 Å². The fourth-order valence-corrected chi connectivity index (χ4v) is 0.697. The van der Waals surface area contributed by atoms with Gasteiger partial charge < -0.3 is 10.8 Å². The molecular weight excluding hydrogens is 118 g/mol. The fourth-order valence-electron chi connectivity index (χ4n) is 0.697. The molecule has 0 radical (unpaired) electrons. The third-order valence-electron chi connectivity index (χ3n) is 1.10. The summed E-state index contributed by atoms with van der Waals surface area (Å²) in [5.74, 6) is -0.809. The second-order valence-electron chi connectivity index (χ2n) is 2.15. The summed E-state index contributed by atoms with van der Waals surface area (Å²) in [6, 6.07) is -0.160. The molecule has 0 aromatic rings. The van der Waals surface area contributed by atoms with Gasteiger partial charge in [-0.2, -0.15) is 0 Å². The number of nitrogens with two attached hydrogens (primary N) is 1. The first-order valence-corrected chi connectivity index (χ1v) is 3.14. The van der Waals surface area contributed by atoms with Gasteiger partial charge in [-0.15, -0.1) is 0 Å². The topological polar surface area (TPSA) is 63.3 Å². The SMILES string of the molecule is CCC[C@H](N)CC(=O)O. The summed E-state index contributed by atoms with van der Waals surface area (Å²) in [4.78, 5) is 10.0. The molecule has 0 spiro atoms. The van der Waals surface area contributed by atoms with E-state index in [1.165, 1.54) is 0 Å². The number of hydrogen-bond acceptors (Lipinski definition) is 2. The highest BCUT2D eigenvalue weighted by Gasteiger charge is 2.04. The predicted molar refractivity (Wildman–Crippen MR) is 35.1 cm³/mol. The molecular formula is C6H13NO2. The summed E-state index contributed by atoms with van der Waals surface area (Å²) in [6.45, 7) is 1.99. The molecule has 0 rings (SSSR count). The Morgan fingerprint density at radius 2 is 2.33 bits per heavy atom. The molecule has 3 heteroatoms. The number of carbonyl (C=O) groups is 1. The van der Waals surface area contributed by atoms with E-state index < -0.39 is 5.97 Å². The van der Waals surface area contributed by atoms with Crippen molar-refractivity contribution < 1.29 is 9.90 Å². The average Bonchev–Trinajstić information content (AvgIpc) is 1.63. The van der Waals surface area contributed by atoms with Gasteiger partial charge in [-0.1, -0.05) is 13.3 Å². The van der Waals surface area contributed by atoms with Crippen LogP contribution < -0.4 is 5.73 Å². The maximum Gasteiger partial charge on any atom is 0.304 e. The Labute approximate surface area is 54.9 Å². The molecule has 9 heavy (non-hydrogen) atoms. The first kappa shape index (κ1) is 8.43. The highest BCUT2D eigenvalue weighted by molar-refractivity contribution is 5.67. The summed E-state index contributed by atoms with van der Waals surface area (Å²) in [5, 5.41) is 8.23. The van der Waals surface area contributed by atoms with E-state index in [0.717, 1.165) is 12.8 Å². The van der Waals surface area contributed by atoms with Crippen molar-refractivity contribution in [1.82, 2.24) is 0 Å². The second kappa shape index (κ2) is 4.32. The van der Waals surface area contributed by atoms with Crippen LogP contribution in [0.25, 0.3) is 0 Å². The van der Waals surface area contributed by atoms with Crippen LogP contribution in [0.2, 0.25) is 0 Å². The highest BCUT2D eigenvalue weighted by Crippen LogP contribution is 1.96. The lowest BCUT2D eigenvalue weighted by Crippen LogP contribution is -2.22. The molecule has 1 atom stereocenters. The van der Waals surface area contributed by atoms with Crippen LogP contribution in [0.15, 0.2) is 0 Å². The maximum atomic E-state index is 10.0. The first-order valence-electron chi connectivity index (χ1n) is 3.14. The summed E-state index contributed by atoms with van der Waals surface area (Å²) in [6.07, 6.45) is 1.84. The number of hydrogen-bond donors (Lipinski definition) is 2. The molecule has 0 amide bonds. The van der Waals surface area contributed by atoms with Crippen LogP contribution in [-0.4, -0.2) is 17.1 Å². The molecule has 54 valence electrons. The van der Waals surface area contributed by atoms with E-state index in [9.17, 15) is 4.79 Å². The van der Waals surface area contributed by atoms with Gasteiger partial charge in [-0.3, -0.25) is 4.79 Å². The van der Waals surface area contributed by atoms with E-state index in [0.29, 0.717) is 0 Å². The van der Waals surface area contributed by atoms with E-state index >= 15 is 0 Å². The van der Waals surface area contributed by atoms with Gasteiger partial charge in [0.2, 0.25) is 0 Å². The third-order valence-corrected chi connectivity index (χ3v) is 1.10. The van der Waals surface area contributed by atoms with Crippen molar-refractivity contribution in [3.8, 4) is 0 Å². The van der Waals surface area contributed by atoms with Crippen LogP contribution in [-0.2, 0) is 4.79 Å². The fraction of sp³-hybridized carbons (Fsp3) is 0.833. The van der Waals surface area contributed by atoms with Crippen LogP contribution in [0, 0.1) is 0 Å². The molecule has 0 unspecified atom stereocenters. The first-order chi connectivity index (χ1) is 4.16. The Kier molecular flexibility index (Phi) is 4.05. The van der Waals surface area contributed by atoms with Crippen molar-refractivity contribution in [3.63, 3.8) is 0 Å². The van der Waals surface area contributed by atoms with Gasteiger partial charge in [-0.25, -0.2) is 0 Å². The van der Waals surface area contributed by atoms with Gasteiger partial charge in [0.25, 0.3) is 0 Å². The molecule has 0 aromatic carbocycles. The average molecular weight is 131 g/mol. The number of rotatable bonds is 4.